The van der Waals surface area contributed by atoms with Gasteiger partial charge in [-0.05, 0) is 24.6 Å². The van der Waals surface area contributed by atoms with Crippen molar-refractivity contribution in [2.45, 2.75) is 18.6 Å². The summed E-state index contributed by atoms with van der Waals surface area (Å²) in [7, 11) is 1.75. The number of carbonyl (C=O) groups is 1. The van der Waals surface area contributed by atoms with Gasteiger partial charge in [0.2, 0.25) is 5.91 Å². The van der Waals surface area contributed by atoms with Crippen LogP contribution in [-0.2, 0) is 18.4 Å². The maximum atomic E-state index is 13.1. The monoisotopic (exact) mass is 419 g/mol. The lowest BCUT2D eigenvalue weighted by Crippen LogP contribution is -2.25. The fourth-order valence-electron chi connectivity index (χ4n) is 3.07. The largest absolute Gasteiger partial charge is 0.325 e. The second-order valence-corrected chi connectivity index (χ2v) is 7.95. The van der Waals surface area contributed by atoms with Gasteiger partial charge in [-0.2, -0.15) is 5.10 Å². The minimum Gasteiger partial charge on any atom is -0.325 e. The number of rotatable bonds is 6. The zero-order chi connectivity index (χ0) is 21.1. The molecule has 30 heavy (non-hydrogen) atoms. The van der Waals surface area contributed by atoms with Gasteiger partial charge in [-0.3, -0.25) is 18.8 Å². The van der Waals surface area contributed by atoms with Crippen molar-refractivity contribution in [3.05, 3.63) is 82.3 Å². The van der Waals surface area contributed by atoms with Gasteiger partial charge >= 0.3 is 0 Å². The number of nitrogens with one attached hydrogen (secondary N) is 1. The Bertz CT molecular complexity index is 1250. The Morgan fingerprint density at radius 2 is 1.83 bits per heavy atom. The fourth-order valence-corrected chi connectivity index (χ4v) is 3.87. The lowest BCUT2D eigenvalue weighted by molar-refractivity contribution is -0.113. The first-order valence-electron chi connectivity index (χ1n) is 9.47. The van der Waals surface area contributed by atoms with Crippen molar-refractivity contribution in [2.75, 3.05) is 11.1 Å². The lowest BCUT2D eigenvalue weighted by atomic mass is 10.2. The van der Waals surface area contributed by atoms with E-state index in [9.17, 15) is 9.59 Å². The van der Waals surface area contributed by atoms with Gasteiger partial charge in [0.15, 0.2) is 10.7 Å². The van der Waals surface area contributed by atoms with Gasteiger partial charge in [0.25, 0.3) is 5.56 Å². The zero-order valence-electron chi connectivity index (χ0n) is 16.7. The number of fused-ring (bicyclic) bond motifs is 1. The number of benzene rings is 2. The molecule has 0 saturated heterocycles. The third-order valence-electron chi connectivity index (χ3n) is 4.56. The number of aryl methyl sites for hydroxylation is 2. The van der Waals surface area contributed by atoms with Crippen LogP contribution in [-0.4, -0.2) is 31.0 Å². The molecule has 2 aromatic carbocycles. The van der Waals surface area contributed by atoms with E-state index in [1.807, 2.05) is 61.5 Å². The van der Waals surface area contributed by atoms with Crippen LogP contribution in [0.1, 0.15) is 11.1 Å². The molecule has 0 spiro atoms. The topological polar surface area (TPSA) is 81.8 Å². The molecule has 0 unspecified atom stereocenters. The Kier molecular flexibility index (Phi) is 5.67. The average molecular weight is 420 g/mol. The van der Waals surface area contributed by atoms with E-state index < -0.39 is 0 Å². The number of aromatic nitrogens is 4. The third kappa shape index (κ3) is 4.44. The number of anilines is 1. The molecule has 2 aromatic heterocycles. The molecule has 7 nitrogen and oxygen atoms in total. The number of carbonyl (C=O) groups excluding carboxylic acids is 1. The predicted molar refractivity (Wildman–Crippen MR) is 119 cm³/mol. The van der Waals surface area contributed by atoms with Crippen LogP contribution in [0.5, 0.6) is 0 Å². The SMILES string of the molecule is Cc1ccc(NC(=O)CSc2nc3cn(C)nc3c(=O)n2Cc2ccccc2)cc1. The van der Waals surface area contributed by atoms with E-state index in [4.69, 9.17) is 0 Å². The molecule has 0 saturated carbocycles. The quantitative estimate of drug-likeness (QED) is 0.383. The molecule has 152 valence electrons. The first kappa shape index (κ1) is 19.9. The van der Waals surface area contributed by atoms with Crippen molar-refractivity contribution in [3.63, 3.8) is 0 Å². The Balaban J connectivity index is 1.59. The van der Waals surface area contributed by atoms with Gasteiger partial charge in [-0.15, -0.1) is 0 Å². The second kappa shape index (κ2) is 8.54. The molecule has 4 aromatic rings. The number of hydrogen-bond donors (Lipinski definition) is 1. The summed E-state index contributed by atoms with van der Waals surface area (Å²) in [5.74, 6) is -0.0171. The molecular weight excluding hydrogens is 398 g/mol. The van der Waals surface area contributed by atoms with Gasteiger partial charge in [0.05, 0.1) is 18.5 Å². The van der Waals surface area contributed by atoms with Crippen molar-refractivity contribution < 1.29 is 4.79 Å². The highest BCUT2D eigenvalue weighted by molar-refractivity contribution is 7.99. The Morgan fingerprint density at radius 1 is 1.10 bits per heavy atom. The van der Waals surface area contributed by atoms with E-state index in [0.717, 1.165) is 16.8 Å². The van der Waals surface area contributed by atoms with Crippen molar-refractivity contribution in [1.82, 2.24) is 19.3 Å². The first-order chi connectivity index (χ1) is 14.5. The molecule has 4 rings (SSSR count). The van der Waals surface area contributed by atoms with E-state index in [2.05, 4.69) is 15.4 Å². The number of amides is 1. The van der Waals surface area contributed by atoms with Crippen LogP contribution in [0.2, 0.25) is 0 Å². The molecular formula is C22H21N5O2S. The second-order valence-electron chi connectivity index (χ2n) is 7.01. The van der Waals surface area contributed by atoms with E-state index in [1.54, 1.807) is 22.5 Å². The molecule has 0 atom stereocenters. The van der Waals surface area contributed by atoms with E-state index in [-0.39, 0.29) is 17.2 Å². The Labute approximate surface area is 177 Å². The summed E-state index contributed by atoms with van der Waals surface area (Å²) in [4.78, 5) is 30.1. The number of thioether (sulfide) groups is 1. The van der Waals surface area contributed by atoms with Crippen LogP contribution in [0.3, 0.4) is 0 Å². The van der Waals surface area contributed by atoms with Crippen LogP contribution >= 0.6 is 11.8 Å². The maximum absolute atomic E-state index is 13.1. The lowest BCUT2D eigenvalue weighted by Gasteiger charge is -2.12. The Morgan fingerprint density at radius 3 is 2.57 bits per heavy atom. The highest BCUT2D eigenvalue weighted by atomic mass is 32.2. The van der Waals surface area contributed by atoms with Crippen molar-refractivity contribution in [1.29, 1.82) is 0 Å². The molecule has 1 amide bonds. The van der Waals surface area contributed by atoms with E-state index in [0.29, 0.717) is 22.7 Å². The minimum absolute atomic E-state index is 0.140. The molecule has 0 aliphatic heterocycles. The maximum Gasteiger partial charge on any atom is 0.282 e. The molecule has 0 fully saturated rings. The highest BCUT2D eigenvalue weighted by Gasteiger charge is 2.16. The number of hydrogen-bond acceptors (Lipinski definition) is 5. The summed E-state index contributed by atoms with van der Waals surface area (Å²) in [6.07, 6.45) is 1.71. The van der Waals surface area contributed by atoms with Crippen LogP contribution < -0.4 is 10.9 Å². The molecule has 0 aliphatic rings. The predicted octanol–water partition coefficient (Wildman–Crippen LogP) is 3.22. The molecule has 8 heteroatoms. The van der Waals surface area contributed by atoms with Gasteiger partial charge < -0.3 is 5.32 Å². The smallest absolute Gasteiger partial charge is 0.282 e. The third-order valence-corrected chi connectivity index (χ3v) is 5.53. The van der Waals surface area contributed by atoms with Crippen LogP contribution in [0.4, 0.5) is 5.69 Å². The standard InChI is InChI=1S/C22H21N5O2S/c1-15-8-10-17(11-9-15)23-19(28)14-30-22-24-18-13-26(2)25-20(18)21(29)27(22)12-16-6-4-3-5-7-16/h3-11,13H,12,14H2,1-2H3,(H,23,28). The highest BCUT2D eigenvalue weighted by Crippen LogP contribution is 2.19. The van der Waals surface area contributed by atoms with E-state index >= 15 is 0 Å². The van der Waals surface area contributed by atoms with Gasteiger partial charge in [0.1, 0.15) is 5.52 Å². The molecule has 0 aliphatic carbocycles. The normalized spacial score (nSPS) is 11.0. The van der Waals surface area contributed by atoms with Gasteiger partial charge in [-0.25, -0.2) is 4.98 Å². The first-order valence-corrected chi connectivity index (χ1v) is 10.5. The molecule has 2 heterocycles. The average Bonchev–Trinajstić information content (AvgIpc) is 3.12. The Hall–Kier alpha value is -3.39. The van der Waals surface area contributed by atoms with Crippen molar-refractivity contribution in [3.8, 4) is 0 Å². The summed E-state index contributed by atoms with van der Waals surface area (Å²) in [5, 5.41) is 7.61. The fraction of sp³-hybridized carbons (Fsp3) is 0.182. The summed E-state index contributed by atoms with van der Waals surface area (Å²) in [6, 6.07) is 17.3. The van der Waals surface area contributed by atoms with Crippen LogP contribution in [0, 0.1) is 6.92 Å². The van der Waals surface area contributed by atoms with E-state index in [1.165, 1.54) is 11.8 Å². The minimum atomic E-state index is -0.217. The van der Waals surface area contributed by atoms with Crippen molar-refractivity contribution >= 4 is 34.4 Å². The molecule has 0 radical (unpaired) electrons. The summed E-state index contributed by atoms with van der Waals surface area (Å²) < 4.78 is 3.15. The van der Waals surface area contributed by atoms with Crippen molar-refractivity contribution in [2.24, 2.45) is 7.05 Å². The molecule has 1 N–H and O–H groups in total. The number of nitrogens with zero attached hydrogens (tertiary/aromatic N) is 4. The summed E-state index contributed by atoms with van der Waals surface area (Å²) in [6.45, 7) is 2.36. The van der Waals surface area contributed by atoms with Crippen LogP contribution in [0.15, 0.2) is 70.7 Å². The summed E-state index contributed by atoms with van der Waals surface area (Å²) >= 11 is 1.24. The van der Waals surface area contributed by atoms with Crippen LogP contribution in [0.25, 0.3) is 11.0 Å². The molecule has 0 bridgehead atoms. The van der Waals surface area contributed by atoms with Gasteiger partial charge in [0, 0.05) is 12.7 Å². The van der Waals surface area contributed by atoms with Gasteiger partial charge in [-0.1, -0.05) is 59.8 Å². The summed E-state index contributed by atoms with van der Waals surface area (Å²) in [5.41, 5.74) is 3.47. The zero-order valence-corrected chi connectivity index (χ0v) is 17.5.